The van der Waals surface area contributed by atoms with Gasteiger partial charge in [-0.15, -0.1) is 0 Å². The predicted octanol–water partition coefficient (Wildman–Crippen LogP) is 3.66. The van der Waals surface area contributed by atoms with Crippen molar-refractivity contribution in [1.82, 2.24) is 9.36 Å². The van der Waals surface area contributed by atoms with Crippen LogP contribution >= 0.6 is 23.1 Å². The Morgan fingerprint density at radius 2 is 2.26 bits per heavy atom. The number of hydrogen-bond donors (Lipinski definition) is 2. The van der Waals surface area contributed by atoms with Gasteiger partial charge in [0.2, 0.25) is 5.88 Å². The van der Waals surface area contributed by atoms with Crippen molar-refractivity contribution in [3.63, 3.8) is 0 Å². The number of nitrogens with one attached hydrogen (secondary N) is 1. The summed E-state index contributed by atoms with van der Waals surface area (Å²) in [5.41, 5.74) is 1.63. The molecular weight excluding hydrogens is 338 g/mol. The number of anilines is 1. The molecule has 0 saturated heterocycles. The number of nitrogens with zero attached hydrogens (tertiary/aromatic N) is 2. The van der Waals surface area contributed by atoms with E-state index in [4.69, 9.17) is 16.3 Å². The largest absolute Gasteiger partial charge is 0.479 e. The maximum absolute atomic E-state index is 11.3. The SMILES string of the molecule is COc1nsc(CNc2ccc3nccc(C(=O)O)c3c2)c1Cl. The van der Waals surface area contributed by atoms with Crippen LogP contribution in [-0.2, 0) is 6.54 Å². The van der Waals surface area contributed by atoms with Gasteiger partial charge in [-0.3, -0.25) is 4.98 Å². The van der Waals surface area contributed by atoms with Crippen molar-refractivity contribution >= 4 is 45.7 Å². The van der Waals surface area contributed by atoms with Gasteiger partial charge in [-0.2, -0.15) is 4.37 Å². The van der Waals surface area contributed by atoms with Gasteiger partial charge in [0.05, 0.1) is 29.6 Å². The predicted molar refractivity (Wildman–Crippen MR) is 89.7 cm³/mol. The first-order chi connectivity index (χ1) is 11.1. The number of halogens is 1. The van der Waals surface area contributed by atoms with Gasteiger partial charge in [0.25, 0.3) is 0 Å². The Morgan fingerprint density at radius 1 is 1.43 bits per heavy atom. The van der Waals surface area contributed by atoms with Crippen molar-refractivity contribution in [1.29, 1.82) is 0 Å². The summed E-state index contributed by atoms with van der Waals surface area (Å²) in [7, 11) is 1.52. The van der Waals surface area contributed by atoms with E-state index < -0.39 is 5.97 Å². The molecule has 0 spiro atoms. The highest BCUT2D eigenvalue weighted by atomic mass is 35.5. The summed E-state index contributed by atoms with van der Waals surface area (Å²) < 4.78 is 9.14. The molecule has 118 valence electrons. The second-order valence-electron chi connectivity index (χ2n) is 4.68. The number of hydrogen-bond acceptors (Lipinski definition) is 6. The van der Waals surface area contributed by atoms with Gasteiger partial charge in [-0.05, 0) is 35.8 Å². The molecule has 0 atom stereocenters. The molecule has 2 N–H and O–H groups in total. The second kappa shape index (κ2) is 6.39. The van der Waals surface area contributed by atoms with E-state index in [2.05, 4.69) is 14.7 Å². The first-order valence-corrected chi connectivity index (χ1v) is 7.79. The van der Waals surface area contributed by atoms with Crippen LogP contribution in [0.25, 0.3) is 10.9 Å². The lowest BCUT2D eigenvalue weighted by molar-refractivity contribution is 0.0699. The van der Waals surface area contributed by atoms with Crippen LogP contribution in [0.4, 0.5) is 5.69 Å². The highest BCUT2D eigenvalue weighted by Gasteiger charge is 2.13. The van der Waals surface area contributed by atoms with Crippen LogP contribution in [0, 0.1) is 0 Å². The van der Waals surface area contributed by atoms with Crippen LogP contribution in [0.15, 0.2) is 30.5 Å². The number of carboxylic acid groups (broad SMARTS) is 1. The number of fused-ring (bicyclic) bond motifs is 1. The highest BCUT2D eigenvalue weighted by Crippen LogP contribution is 2.31. The molecule has 8 heteroatoms. The molecule has 23 heavy (non-hydrogen) atoms. The van der Waals surface area contributed by atoms with Crippen LogP contribution < -0.4 is 10.1 Å². The summed E-state index contributed by atoms with van der Waals surface area (Å²) in [6.45, 7) is 0.466. The average molecular weight is 350 g/mol. The lowest BCUT2D eigenvalue weighted by Gasteiger charge is -2.08. The molecule has 1 aromatic carbocycles. The molecule has 0 amide bonds. The number of ether oxygens (including phenoxy) is 1. The zero-order valence-electron chi connectivity index (χ0n) is 12.0. The van der Waals surface area contributed by atoms with Crippen molar-refractivity contribution in [3.8, 4) is 5.88 Å². The monoisotopic (exact) mass is 349 g/mol. The molecular formula is C15H12ClN3O3S. The van der Waals surface area contributed by atoms with Crippen LogP contribution in [0.5, 0.6) is 5.88 Å². The number of carbonyl (C=O) groups is 1. The Balaban J connectivity index is 1.87. The number of rotatable bonds is 5. The Morgan fingerprint density at radius 3 is 2.96 bits per heavy atom. The summed E-state index contributed by atoms with van der Waals surface area (Å²) in [5.74, 6) is -0.575. The molecule has 6 nitrogen and oxygen atoms in total. The number of carboxylic acids is 1. The van der Waals surface area contributed by atoms with E-state index in [9.17, 15) is 9.90 Å². The number of benzene rings is 1. The third-order valence-corrected chi connectivity index (χ3v) is 4.62. The van der Waals surface area contributed by atoms with Gasteiger partial charge in [0.15, 0.2) is 0 Å². The molecule has 2 heterocycles. The molecule has 3 aromatic rings. The van der Waals surface area contributed by atoms with Crippen molar-refractivity contribution in [2.24, 2.45) is 0 Å². The van der Waals surface area contributed by atoms with Gasteiger partial charge < -0.3 is 15.2 Å². The zero-order chi connectivity index (χ0) is 16.4. The van der Waals surface area contributed by atoms with E-state index in [-0.39, 0.29) is 5.56 Å². The van der Waals surface area contributed by atoms with Crippen molar-refractivity contribution in [2.45, 2.75) is 6.54 Å². The third-order valence-electron chi connectivity index (χ3n) is 3.29. The zero-order valence-corrected chi connectivity index (χ0v) is 13.6. The first kappa shape index (κ1) is 15.5. The molecule has 0 aliphatic heterocycles. The smallest absolute Gasteiger partial charge is 0.336 e. The van der Waals surface area contributed by atoms with Crippen molar-refractivity contribution < 1.29 is 14.6 Å². The van der Waals surface area contributed by atoms with E-state index in [1.54, 1.807) is 12.1 Å². The van der Waals surface area contributed by atoms with E-state index in [0.29, 0.717) is 28.4 Å². The molecule has 0 fully saturated rings. The van der Waals surface area contributed by atoms with Gasteiger partial charge in [-0.25, -0.2) is 4.79 Å². The molecule has 3 rings (SSSR count). The minimum atomic E-state index is -0.982. The van der Waals surface area contributed by atoms with Crippen molar-refractivity contribution in [3.05, 3.63) is 45.9 Å². The normalized spacial score (nSPS) is 10.7. The molecule has 0 unspecified atom stereocenters. The third kappa shape index (κ3) is 3.06. The summed E-state index contributed by atoms with van der Waals surface area (Å²) >= 11 is 7.40. The Bertz CT molecular complexity index is 882. The fourth-order valence-electron chi connectivity index (χ4n) is 2.16. The Labute approximate surface area is 140 Å². The summed E-state index contributed by atoms with van der Waals surface area (Å²) in [4.78, 5) is 16.3. The van der Waals surface area contributed by atoms with Gasteiger partial charge in [0, 0.05) is 17.3 Å². The lowest BCUT2D eigenvalue weighted by atomic mass is 10.1. The lowest BCUT2D eigenvalue weighted by Crippen LogP contribution is -2.01. The van der Waals surface area contributed by atoms with E-state index in [1.807, 2.05) is 6.07 Å². The minimum Gasteiger partial charge on any atom is -0.479 e. The fourth-order valence-corrected chi connectivity index (χ4v) is 3.16. The molecule has 2 aromatic heterocycles. The van der Waals surface area contributed by atoms with Crippen molar-refractivity contribution in [2.75, 3.05) is 12.4 Å². The molecule has 0 aliphatic rings. The van der Waals surface area contributed by atoms with Gasteiger partial charge in [-0.1, -0.05) is 11.6 Å². The molecule has 0 radical (unpaired) electrons. The van der Waals surface area contributed by atoms with Crippen LogP contribution in [0.1, 0.15) is 15.2 Å². The standard InChI is InChI=1S/C15H12ClN3O3S/c1-22-14-13(16)12(23-19-14)7-18-8-2-3-11-10(6-8)9(15(20)21)4-5-17-11/h2-6,18H,7H2,1H3,(H,20,21). The van der Waals surface area contributed by atoms with Crippen LogP contribution in [0.2, 0.25) is 5.02 Å². The summed E-state index contributed by atoms with van der Waals surface area (Å²) in [6, 6.07) is 6.86. The first-order valence-electron chi connectivity index (χ1n) is 6.64. The molecule has 0 bridgehead atoms. The molecule has 0 aliphatic carbocycles. The Hall–Kier alpha value is -2.38. The maximum atomic E-state index is 11.3. The van der Waals surface area contributed by atoms with Crippen LogP contribution in [-0.4, -0.2) is 27.5 Å². The minimum absolute atomic E-state index is 0.219. The average Bonchev–Trinajstić information content (AvgIpc) is 2.92. The summed E-state index contributed by atoms with van der Waals surface area (Å²) in [6.07, 6.45) is 1.49. The molecule has 0 saturated carbocycles. The summed E-state index contributed by atoms with van der Waals surface area (Å²) in [5, 5.41) is 13.5. The number of pyridine rings is 1. The number of aromatic nitrogens is 2. The van der Waals surface area contributed by atoms with E-state index >= 15 is 0 Å². The van der Waals surface area contributed by atoms with Gasteiger partial charge in [0.1, 0.15) is 5.02 Å². The van der Waals surface area contributed by atoms with E-state index in [1.165, 1.54) is 30.9 Å². The quantitative estimate of drug-likeness (QED) is 0.731. The Kier molecular flexibility index (Phi) is 4.31. The number of methoxy groups -OCH3 is 1. The van der Waals surface area contributed by atoms with E-state index in [0.717, 1.165) is 10.6 Å². The number of aromatic carboxylic acids is 1. The maximum Gasteiger partial charge on any atom is 0.336 e. The highest BCUT2D eigenvalue weighted by molar-refractivity contribution is 7.06. The second-order valence-corrected chi connectivity index (χ2v) is 5.91. The van der Waals surface area contributed by atoms with Gasteiger partial charge >= 0.3 is 5.97 Å². The fraction of sp³-hybridized carbons (Fsp3) is 0.133. The van der Waals surface area contributed by atoms with Crippen LogP contribution in [0.3, 0.4) is 0 Å². The topological polar surface area (TPSA) is 84.3 Å².